The van der Waals surface area contributed by atoms with Crippen LogP contribution in [0.15, 0.2) is 0 Å². The minimum atomic E-state index is -0.874. The second-order valence-electron chi connectivity index (χ2n) is 2.76. The molecule has 5 heteroatoms. The average molecular weight is 190 g/mol. The molecule has 0 heterocycles. The maximum absolute atomic E-state index is 10.5. The molecule has 4 nitrogen and oxygen atoms in total. The summed E-state index contributed by atoms with van der Waals surface area (Å²) in [6, 6.07) is -0.757. The molecule has 3 N–H and O–H groups in total. The van der Waals surface area contributed by atoms with Gasteiger partial charge in [0.1, 0.15) is 6.04 Å². The fourth-order valence-electron chi connectivity index (χ4n) is 0.710. The van der Waals surface area contributed by atoms with Crippen molar-refractivity contribution >= 4 is 23.2 Å². The highest BCUT2D eigenvalue weighted by atomic mass is 32.1. The number of likely N-dealkylation sites (N-methyl/N-ethyl adjacent to an activating group) is 1. The lowest BCUT2D eigenvalue weighted by atomic mass is 10.2. The van der Waals surface area contributed by atoms with E-state index in [0.29, 0.717) is 4.99 Å². The van der Waals surface area contributed by atoms with Crippen molar-refractivity contribution in [1.82, 2.24) is 4.90 Å². The third-order valence-electron chi connectivity index (χ3n) is 1.99. The van der Waals surface area contributed by atoms with Gasteiger partial charge in [0, 0.05) is 0 Å². The lowest BCUT2D eigenvalue weighted by molar-refractivity contribution is -0.142. The third-order valence-corrected chi connectivity index (χ3v) is 2.33. The molecule has 0 fully saturated rings. The largest absolute Gasteiger partial charge is 0.480 e. The van der Waals surface area contributed by atoms with Gasteiger partial charge in [0.15, 0.2) is 0 Å². The van der Waals surface area contributed by atoms with E-state index < -0.39 is 12.0 Å². The summed E-state index contributed by atoms with van der Waals surface area (Å²) in [6.07, 6.45) is 0. The van der Waals surface area contributed by atoms with Crippen LogP contribution in [0.5, 0.6) is 0 Å². The number of carboxylic acids is 1. The molecule has 0 aromatic rings. The quantitative estimate of drug-likeness (QED) is 0.614. The Balaban J connectivity index is 4.28. The predicted octanol–water partition coefficient (Wildman–Crippen LogP) is 0.0659. The SMILES string of the molecule is CC(C(=O)O)N(C)C(C)C(N)=S. The van der Waals surface area contributed by atoms with E-state index in [9.17, 15) is 4.79 Å². The van der Waals surface area contributed by atoms with Crippen LogP contribution in [0.4, 0.5) is 0 Å². The summed E-state index contributed by atoms with van der Waals surface area (Å²) in [4.78, 5) is 12.5. The summed E-state index contributed by atoms with van der Waals surface area (Å²) in [5.74, 6) is -0.874. The van der Waals surface area contributed by atoms with Gasteiger partial charge in [0.05, 0.1) is 11.0 Å². The molecular weight excluding hydrogens is 176 g/mol. The monoisotopic (exact) mass is 190 g/mol. The summed E-state index contributed by atoms with van der Waals surface area (Å²) in [6.45, 7) is 3.37. The van der Waals surface area contributed by atoms with Gasteiger partial charge < -0.3 is 10.8 Å². The van der Waals surface area contributed by atoms with E-state index in [1.54, 1.807) is 25.8 Å². The molecular formula is C7H14N2O2S. The van der Waals surface area contributed by atoms with Gasteiger partial charge in [-0.2, -0.15) is 0 Å². The van der Waals surface area contributed by atoms with Crippen molar-refractivity contribution in [2.45, 2.75) is 25.9 Å². The van der Waals surface area contributed by atoms with E-state index in [1.807, 2.05) is 0 Å². The fourth-order valence-corrected chi connectivity index (χ4v) is 0.877. The van der Waals surface area contributed by atoms with Crippen LogP contribution in [-0.4, -0.2) is 40.1 Å². The van der Waals surface area contributed by atoms with Crippen molar-refractivity contribution in [1.29, 1.82) is 0 Å². The number of carboxylic acid groups (broad SMARTS) is 1. The van der Waals surface area contributed by atoms with E-state index in [1.165, 1.54) is 0 Å². The number of hydrogen-bond acceptors (Lipinski definition) is 3. The molecule has 0 aliphatic rings. The molecule has 70 valence electrons. The number of nitrogens with zero attached hydrogens (tertiary/aromatic N) is 1. The molecule has 2 atom stereocenters. The van der Waals surface area contributed by atoms with Gasteiger partial charge in [-0.25, -0.2) is 0 Å². The summed E-state index contributed by atoms with van der Waals surface area (Å²) < 4.78 is 0. The molecule has 2 unspecified atom stereocenters. The normalized spacial score (nSPS) is 15.7. The number of hydrogen-bond donors (Lipinski definition) is 2. The van der Waals surface area contributed by atoms with Crippen molar-refractivity contribution in [2.24, 2.45) is 5.73 Å². The fraction of sp³-hybridized carbons (Fsp3) is 0.714. The highest BCUT2D eigenvalue weighted by molar-refractivity contribution is 7.80. The standard InChI is InChI=1S/C7H14N2O2S/c1-4(6(8)12)9(3)5(2)7(10)11/h4-5H,1-3H3,(H2,8,12)(H,10,11). The lowest BCUT2D eigenvalue weighted by Gasteiger charge is -2.26. The molecule has 0 aromatic heterocycles. The van der Waals surface area contributed by atoms with Crippen LogP contribution < -0.4 is 5.73 Å². The molecule has 0 saturated heterocycles. The Hall–Kier alpha value is -0.680. The van der Waals surface area contributed by atoms with Crippen molar-refractivity contribution in [3.8, 4) is 0 Å². The molecule has 0 aromatic carbocycles. The summed E-state index contributed by atoms with van der Waals surface area (Å²) in [7, 11) is 1.68. The van der Waals surface area contributed by atoms with Gasteiger partial charge in [-0.1, -0.05) is 12.2 Å². The van der Waals surface area contributed by atoms with E-state index >= 15 is 0 Å². The van der Waals surface area contributed by atoms with Gasteiger partial charge in [-0.3, -0.25) is 9.69 Å². The predicted molar refractivity (Wildman–Crippen MR) is 51.1 cm³/mol. The van der Waals surface area contributed by atoms with Crippen LogP contribution in [-0.2, 0) is 4.79 Å². The van der Waals surface area contributed by atoms with Gasteiger partial charge in [-0.05, 0) is 20.9 Å². The highest BCUT2D eigenvalue weighted by Gasteiger charge is 2.22. The zero-order valence-corrected chi connectivity index (χ0v) is 8.26. The molecule has 0 spiro atoms. The maximum atomic E-state index is 10.5. The Bertz CT molecular complexity index is 176. The second-order valence-corrected chi connectivity index (χ2v) is 3.23. The first-order valence-electron chi connectivity index (χ1n) is 3.62. The lowest BCUT2D eigenvalue weighted by Crippen LogP contribution is -2.47. The average Bonchev–Trinajstić information content (AvgIpc) is 2.00. The Kier molecular flexibility index (Phi) is 4.12. The van der Waals surface area contributed by atoms with Gasteiger partial charge in [0.25, 0.3) is 0 Å². The molecule has 0 aliphatic heterocycles. The molecule has 12 heavy (non-hydrogen) atoms. The Morgan fingerprint density at radius 2 is 1.92 bits per heavy atom. The highest BCUT2D eigenvalue weighted by Crippen LogP contribution is 2.02. The Labute approximate surface area is 77.3 Å². The molecule has 0 amide bonds. The zero-order valence-electron chi connectivity index (χ0n) is 7.44. The molecule has 0 aliphatic carbocycles. The van der Waals surface area contributed by atoms with E-state index in [4.69, 9.17) is 23.1 Å². The number of rotatable bonds is 4. The summed E-state index contributed by atoms with van der Waals surface area (Å²) in [5, 5.41) is 8.66. The molecule has 0 radical (unpaired) electrons. The summed E-state index contributed by atoms with van der Waals surface area (Å²) in [5.41, 5.74) is 5.37. The van der Waals surface area contributed by atoms with Crippen molar-refractivity contribution in [3.63, 3.8) is 0 Å². The van der Waals surface area contributed by atoms with Crippen LogP contribution in [0.2, 0.25) is 0 Å². The molecule has 0 rings (SSSR count). The van der Waals surface area contributed by atoms with E-state index in [2.05, 4.69) is 0 Å². The smallest absolute Gasteiger partial charge is 0.320 e. The van der Waals surface area contributed by atoms with Crippen molar-refractivity contribution in [2.75, 3.05) is 7.05 Å². The number of aliphatic carboxylic acids is 1. The minimum Gasteiger partial charge on any atom is -0.480 e. The second kappa shape index (κ2) is 4.37. The zero-order chi connectivity index (χ0) is 9.89. The van der Waals surface area contributed by atoms with Crippen molar-refractivity contribution in [3.05, 3.63) is 0 Å². The van der Waals surface area contributed by atoms with E-state index in [0.717, 1.165) is 0 Å². The molecule has 0 bridgehead atoms. The van der Waals surface area contributed by atoms with Crippen LogP contribution in [0.3, 0.4) is 0 Å². The Morgan fingerprint density at radius 1 is 1.50 bits per heavy atom. The Morgan fingerprint density at radius 3 is 2.17 bits per heavy atom. The minimum absolute atomic E-state index is 0.189. The van der Waals surface area contributed by atoms with E-state index in [-0.39, 0.29) is 6.04 Å². The van der Waals surface area contributed by atoms with Crippen LogP contribution >= 0.6 is 12.2 Å². The van der Waals surface area contributed by atoms with Crippen molar-refractivity contribution < 1.29 is 9.90 Å². The van der Waals surface area contributed by atoms with Gasteiger partial charge in [-0.15, -0.1) is 0 Å². The summed E-state index contributed by atoms with van der Waals surface area (Å²) >= 11 is 4.74. The topological polar surface area (TPSA) is 66.6 Å². The number of carbonyl (C=O) groups is 1. The van der Waals surface area contributed by atoms with Gasteiger partial charge in [0.2, 0.25) is 0 Å². The molecule has 0 saturated carbocycles. The van der Waals surface area contributed by atoms with Crippen LogP contribution in [0.25, 0.3) is 0 Å². The van der Waals surface area contributed by atoms with Crippen LogP contribution in [0, 0.1) is 0 Å². The first-order valence-corrected chi connectivity index (χ1v) is 4.02. The third kappa shape index (κ3) is 2.75. The number of thiocarbonyl (C=S) groups is 1. The van der Waals surface area contributed by atoms with Gasteiger partial charge >= 0.3 is 5.97 Å². The first-order chi connectivity index (χ1) is 5.37. The maximum Gasteiger partial charge on any atom is 0.320 e. The number of nitrogens with two attached hydrogens (primary N) is 1. The van der Waals surface area contributed by atoms with Crippen LogP contribution in [0.1, 0.15) is 13.8 Å². The first kappa shape index (κ1) is 11.3.